The Bertz CT molecular complexity index is 1880. The summed E-state index contributed by atoms with van der Waals surface area (Å²) in [6, 6.07) is 14.5. The lowest BCUT2D eigenvalue weighted by Gasteiger charge is -2.08. The number of aryl methyl sites for hydroxylation is 2. The van der Waals surface area contributed by atoms with Gasteiger partial charge in [0.1, 0.15) is 0 Å². The Kier molecular flexibility index (Phi) is 9.97. The second-order valence-corrected chi connectivity index (χ2v) is 12.9. The van der Waals surface area contributed by atoms with Gasteiger partial charge in [-0.15, -0.1) is 16.4 Å². The molecule has 5 aromatic rings. The summed E-state index contributed by atoms with van der Waals surface area (Å²) in [4.78, 5) is 23.6. The highest BCUT2D eigenvalue weighted by atomic mass is 32.1. The fourth-order valence-corrected chi connectivity index (χ4v) is 6.87. The van der Waals surface area contributed by atoms with Gasteiger partial charge in [0.25, 0.3) is 0 Å². The van der Waals surface area contributed by atoms with Crippen molar-refractivity contribution in [3.8, 4) is 17.6 Å². The Morgan fingerprint density at radius 2 is 1.93 bits per heavy atom. The molecule has 1 aliphatic rings. The maximum absolute atomic E-state index is 14.6. The van der Waals surface area contributed by atoms with Crippen molar-refractivity contribution >= 4 is 54.9 Å². The Hall–Kier alpha value is -4.64. The summed E-state index contributed by atoms with van der Waals surface area (Å²) in [5, 5.41) is 26.0. The Labute approximate surface area is 273 Å². The minimum atomic E-state index is -1.10. The number of hydrogen-bond acceptors (Lipinski definition) is 11. The maximum atomic E-state index is 14.6. The van der Waals surface area contributed by atoms with Crippen LogP contribution in [0.5, 0.6) is 5.75 Å². The zero-order valence-electron chi connectivity index (χ0n) is 25.2. The fourth-order valence-electron chi connectivity index (χ4n) is 5.01. The van der Waals surface area contributed by atoms with Gasteiger partial charge in [0.2, 0.25) is 0 Å². The number of aromatic carboxylic acids is 1. The van der Waals surface area contributed by atoms with E-state index in [1.807, 2.05) is 37.3 Å². The van der Waals surface area contributed by atoms with Gasteiger partial charge in [0, 0.05) is 10.4 Å². The van der Waals surface area contributed by atoms with Crippen molar-refractivity contribution in [2.45, 2.75) is 39.2 Å². The highest BCUT2D eigenvalue weighted by molar-refractivity contribution is 7.22. The van der Waals surface area contributed by atoms with Crippen LogP contribution < -0.4 is 15.4 Å². The van der Waals surface area contributed by atoms with Crippen LogP contribution in [0.3, 0.4) is 0 Å². The molecule has 46 heavy (non-hydrogen) atoms. The summed E-state index contributed by atoms with van der Waals surface area (Å²) in [6.07, 6.45) is 3.33. The van der Waals surface area contributed by atoms with Crippen LogP contribution in [0.25, 0.3) is 10.2 Å². The van der Waals surface area contributed by atoms with Crippen molar-refractivity contribution in [3.05, 3.63) is 81.7 Å². The number of likely N-dealkylation sites (tertiary alicyclic amines) is 1. The quantitative estimate of drug-likeness (QED) is 0.101. The van der Waals surface area contributed by atoms with Gasteiger partial charge >= 0.3 is 5.97 Å². The van der Waals surface area contributed by atoms with E-state index in [0.717, 1.165) is 34.0 Å². The third-order valence-electron chi connectivity index (χ3n) is 7.35. The number of halogens is 1. The van der Waals surface area contributed by atoms with Gasteiger partial charge in [-0.1, -0.05) is 35.3 Å². The number of rotatable bonds is 12. The summed E-state index contributed by atoms with van der Waals surface area (Å²) in [5.74, 6) is 5.32. The van der Waals surface area contributed by atoms with Crippen LogP contribution >= 0.6 is 22.7 Å². The molecule has 1 aliphatic heterocycles. The van der Waals surface area contributed by atoms with Gasteiger partial charge in [-0.25, -0.2) is 19.2 Å². The second-order valence-electron chi connectivity index (χ2n) is 10.8. The standard InChI is InChI=1S/C33H32FN7O3S2/c1-21-18-23(39-40-30(21)38-33-36-25-9-2-3-10-27(25)45-33)20-35-32-37-29(31(42)43)28(46-32)11-7-17-44-26-13-12-22(19-24(26)34)8-6-16-41-14-4-5-15-41/h2-3,9-10,12-13,18-19H,4-5,7,11,14-17,20H2,1H3,(H,35,37)(H,42,43)(H,36,38,40). The van der Waals surface area contributed by atoms with Crippen LogP contribution in [0.2, 0.25) is 0 Å². The number of aromatic nitrogens is 4. The number of hydrogen-bond donors (Lipinski definition) is 3. The second kappa shape index (κ2) is 14.6. The van der Waals surface area contributed by atoms with Crippen LogP contribution in [0.15, 0.2) is 48.5 Å². The molecule has 0 spiro atoms. The molecule has 0 bridgehead atoms. The summed E-state index contributed by atoms with van der Waals surface area (Å²) in [6.45, 7) is 5.31. The first-order chi connectivity index (χ1) is 22.4. The molecule has 236 valence electrons. The highest BCUT2D eigenvalue weighted by Crippen LogP contribution is 2.29. The molecule has 10 nitrogen and oxygen atoms in total. The molecule has 0 aliphatic carbocycles. The van der Waals surface area contributed by atoms with Crippen LogP contribution in [0.4, 0.5) is 20.5 Å². The first-order valence-electron chi connectivity index (χ1n) is 15.0. The molecule has 0 atom stereocenters. The Morgan fingerprint density at radius 1 is 1.09 bits per heavy atom. The summed E-state index contributed by atoms with van der Waals surface area (Å²) in [7, 11) is 0. The molecular formula is C33H32FN7O3S2. The molecule has 1 fully saturated rings. The van der Waals surface area contributed by atoms with E-state index < -0.39 is 11.8 Å². The predicted molar refractivity (Wildman–Crippen MR) is 179 cm³/mol. The maximum Gasteiger partial charge on any atom is 0.355 e. The lowest BCUT2D eigenvalue weighted by molar-refractivity contribution is 0.0690. The number of fused-ring (bicyclic) bond motifs is 1. The molecule has 0 radical (unpaired) electrons. The number of anilines is 3. The van der Waals surface area contributed by atoms with Crippen LogP contribution in [-0.2, 0) is 13.0 Å². The van der Waals surface area contributed by atoms with E-state index in [0.29, 0.717) is 53.0 Å². The van der Waals surface area contributed by atoms with E-state index in [1.54, 1.807) is 23.5 Å². The number of carbonyl (C=O) groups is 1. The minimum absolute atomic E-state index is 0.00631. The van der Waals surface area contributed by atoms with E-state index >= 15 is 0 Å². The zero-order chi connectivity index (χ0) is 31.9. The topological polar surface area (TPSA) is 125 Å². The van der Waals surface area contributed by atoms with Crippen molar-refractivity contribution in [3.63, 3.8) is 0 Å². The Balaban J connectivity index is 0.994. The van der Waals surface area contributed by atoms with Crippen LogP contribution in [0.1, 0.15) is 51.4 Å². The van der Waals surface area contributed by atoms with Crippen molar-refractivity contribution in [2.75, 3.05) is 36.9 Å². The van der Waals surface area contributed by atoms with Crippen molar-refractivity contribution in [2.24, 2.45) is 0 Å². The average molecular weight is 658 g/mol. The number of benzene rings is 2. The number of nitrogens with zero attached hydrogens (tertiary/aromatic N) is 5. The van der Waals surface area contributed by atoms with Gasteiger partial charge in [-0.2, -0.15) is 5.10 Å². The summed E-state index contributed by atoms with van der Waals surface area (Å²) >= 11 is 2.81. The predicted octanol–water partition coefficient (Wildman–Crippen LogP) is 6.50. The molecule has 3 aromatic heterocycles. The van der Waals surface area contributed by atoms with E-state index in [1.165, 1.54) is 30.2 Å². The smallest absolute Gasteiger partial charge is 0.355 e. The van der Waals surface area contributed by atoms with Gasteiger partial charge in [-0.3, -0.25) is 4.90 Å². The third-order valence-corrected chi connectivity index (χ3v) is 9.37. The number of thiazole rings is 2. The molecule has 1 saturated heterocycles. The molecule has 13 heteroatoms. The molecule has 2 aromatic carbocycles. The van der Waals surface area contributed by atoms with Crippen LogP contribution in [-0.4, -0.2) is 62.4 Å². The zero-order valence-corrected chi connectivity index (χ0v) is 26.8. The first kappa shape index (κ1) is 31.3. The molecular weight excluding hydrogens is 626 g/mol. The lowest BCUT2D eigenvalue weighted by Crippen LogP contribution is -2.18. The number of carboxylic acids is 1. The minimum Gasteiger partial charge on any atom is -0.491 e. The molecule has 0 unspecified atom stereocenters. The third kappa shape index (κ3) is 7.95. The van der Waals surface area contributed by atoms with E-state index in [-0.39, 0.29) is 18.1 Å². The molecule has 6 rings (SSSR count). The first-order valence-corrected chi connectivity index (χ1v) is 16.6. The van der Waals surface area contributed by atoms with Gasteiger partial charge < -0.3 is 20.5 Å². The van der Waals surface area contributed by atoms with Gasteiger partial charge in [-0.05, 0) is 87.7 Å². The SMILES string of the molecule is Cc1cc(CNc2nc(C(=O)O)c(CCCOc3ccc(C#CCN4CCCC4)cc3F)s2)nnc1Nc1nc2ccccc2s1. The fraction of sp³-hybridized carbons (Fsp3) is 0.303. The van der Waals surface area contributed by atoms with Gasteiger partial charge in [0.15, 0.2) is 33.3 Å². The van der Waals surface area contributed by atoms with Crippen molar-refractivity contribution < 1.29 is 19.0 Å². The molecule has 4 heterocycles. The van der Waals surface area contributed by atoms with Gasteiger partial charge in [0.05, 0.1) is 35.6 Å². The molecule has 0 amide bonds. The number of nitrogens with one attached hydrogen (secondary N) is 2. The molecule has 3 N–H and O–H groups in total. The lowest BCUT2D eigenvalue weighted by atomic mass is 10.2. The summed E-state index contributed by atoms with van der Waals surface area (Å²) < 4.78 is 21.3. The molecule has 0 saturated carbocycles. The largest absolute Gasteiger partial charge is 0.491 e. The highest BCUT2D eigenvalue weighted by Gasteiger charge is 2.18. The van der Waals surface area contributed by atoms with Crippen molar-refractivity contribution in [1.82, 2.24) is 25.1 Å². The number of carboxylic acid groups (broad SMARTS) is 1. The van der Waals surface area contributed by atoms with Crippen LogP contribution in [0, 0.1) is 24.6 Å². The Morgan fingerprint density at radius 3 is 2.72 bits per heavy atom. The number of ether oxygens (including phenoxy) is 1. The van der Waals surface area contributed by atoms with E-state index in [2.05, 4.69) is 47.5 Å². The summed E-state index contributed by atoms with van der Waals surface area (Å²) in [5.41, 5.74) is 3.10. The van der Waals surface area contributed by atoms with E-state index in [9.17, 15) is 14.3 Å². The number of para-hydroxylation sites is 1. The average Bonchev–Trinajstić information content (AvgIpc) is 3.80. The van der Waals surface area contributed by atoms with E-state index in [4.69, 9.17) is 4.74 Å². The normalized spacial score (nSPS) is 13.0. The monoisotopic (exact) mass is 657 g/mol. The van der Waals surface area contributed by atoms with Crippen molar-refractivity contribution in [1.29, 1.82) is 0 Å².